The van der Waals surface area contributed by atoms with Gasteiger partial charge in [-0.1, -0.05) is 18.2 Å². The second-order valence-electron chi connectivity index (χ2n) is 4.93. The first kappa shape index (κ1) is 15.6. The lowest BCUT2D eigenvalue weighted by Crippen LogP contribution is -2.28. The summed E-state index contributed by atoms with van der Waals surface area (Å²) in [5, 5.41) is 0. The average molecular weight is 308 g/mol. The molecule has 21 heavy (non-hydrogen) atoms. The van der Waals surface area contributed by atoms with Crippen LogP contribution in [-0.2, 0) is 16.4 Å². The Morgan fingerprint density at radius 3 is 2.52 bits per heavy atom. The molecular formula is C15H17FN2O2S. The van der Waals surface area contributed by atoms with Crippen LogP contribution in [0.25, 0.3) is 0 Å². The van der Waals surface area contributed by atoms with E-state index in [2.05, 4.69) is 9.71 Å². The van der Waals surface area contributed by atoms with Crippen molar-refractivity contribution in [2.45, 2.75) is 12.3 Å². The van der Waals surface area contributed by atoms with Crippen molar-refractivity contribution in [2.24, 2.45) is 0 Å². The molecule has 0 aliphatic carbocycles. The van der Waals surface area contributed by atoms with Crippen LogP contribution in [0.3, 0.4) is 0 Å². The minimum Gasteiger partial charge on any atom is -0.264 e. The molecule has 1 aromatic heterocycles. The molecule has 0 radical (unpaired) electrons. The predicted octanol–water partition coefficient (Wildman–Crippen LogP) is 2.10. The summed E-state index contributed by atoms with van der Waals surface area (Å²) in [6.45, 7) is 0.263. The Morgan fingerprint density at radius 2 is 1.95 bits per heavy atom. The van der Waals surface area contributed by atoms with Crippen LogP contribution in [-0.4, -0.2) is 26.2 Å². The minimum atomic E-state index is -3.27. The topological polar surface area (TPSA) is 59.1 Å². The molecule has 0 spiro atoms. The monoisotopic (exact) mass is 308 g/mol. The lowest BCUT2D eigenvalue weighted by atomic mass is 9.93. The molecule has 1 N–H and O–H groups in total. The highest BCUT2D eigenvalue weighted by molar-refractivity contribution is 7.88. The van der Waals surface area contributed by atoms with Gasteiger partial charge in [-0.2, -0.15) is 0 Å². The Hall–Kier alpha value is -1.79. The largest absolute Gasteiger partial charge is 0.264 e. The maximum Gasteiger partial charge on any atom is 0.208 e. The van der Waals surface area contributed by atoms with E-state index in [1.165, 1.54) is 12.1 Å². The van der Waals surface area contributed by atoms with Gasteiger partial charge in [0.05, 0.1) is 6.26 Å². The van der Waals surface area contributed by atoms with Crippen molar-refractivity contribution < 1.29 is 12.8 Å². The molecule has 1 atom stereocenters. The van der Waals surface area contributed by atoms with Gasteiger partial charge in [-0.3, -0.25) is 4.98 Å². The van der Waals surface area contributed by atoms with Crippen molar-refractivity contribution in [2.75, 3.05) is 12.8 Å². The van der Waals surface area contributed by atoms with Crippen LogP contribution in [0.15, 0.2) is 48.8 Å². The summed E-state index contributed by atoms with van der Waals surface area (Å²) < 4.78 is 38.1. The lowest BCUT2D eigenvalue weighted by Gasteiger charge is -2.17. The molecule has 1 unspecified atom stereocenters. The SMILES string of the molecule is CS(=O)(=O)NCC(Cc1cccnc1)c1ccc(F)cc1. The number of aromatic nitrogens is 1. The number of pyridine rings is 1. The predicted molar refractivity (Wildman–Crippen MR) is 79.9 cm³/mol. The van der Waals surface area contributed by atoms with E-state index < -0.39 is 10.0 Å². The Bertz CT molecular complexity index is 673. The van der Waals surface area contributed by atoms with E-state index in [0.29, 0.717) is 6.42 Å². The summed E-state index contributed by atoms with van der Waals surface area (Å²) in [4.78, 5) is 4.06. The number of nitrogens with one attached hydrogen (secondary N) is 1. The maximum atomic E-state index is 13.0. The summed E-state index contributed by atoms with van der Waals surface area (Å²) in [7, 11) is -3.27. The zero-order chi connectivity index (χ0) is 15.3. The van der Waals surface area contributed by atoms with Gasteiger partial charge in [-0.15, -0.1) is 0 Å². The average Bonchev–Trinajstić information content (AvgIpc) is 2.45. The molecule has 0 amide bonds. The van der Waals surface area contributed by atoms with Crippen molar-refractivity contribution in [3.05, 3.63) is 65.7 Å². The molecule has 2 rings (SSSR count). The summed E-state index contributed by atoms with van der Waals surface area (Å²) in [5.74, 6) is -0.389. The zero-order valence-corrected chi connectivity index (χ0v) is 12.5. The Labute approximate surface area is 124 Å². The maximum absolute atomic E-state index is 13.0. The highest BCUT2D eigenvalue weighted by atomic mass is 32.2. The molecule has 0 bridgehead atoms. The normalized spacial score (nSPS) is 13.0. The highest BCUT2D eigenvalue weighted by Crippen LogP contribution is 2.20. The number of benzene rings is 1. The van der Waals surface area contributed by atoms with Gasteiger partial charge in [0.25, 0.3) is 0 Å². The number of hydrogen-bond acceptors (Lipinski definition) is 3. The summed E-state index contributed by atoms with van der Waals surface area (Å²) in [6.07, 6.45) is 5.18. The van der Waals surface area contributed by atoms with Crippen LogP contribution in [0, 0.1) is 5.82 Å². The molecule has 0 aliphatic heterocycles. The van der Waals surface area contributed by atoms with Gasteiger partial charge >= 0.3 is 0 Å². The fourth-order valence-electron chi connectivity index (χ4n) is 2.10. The molecule has 2 aromatic rings. The number of hydrogen-bond donors (Lipinski definition) is 1. The van der Waals surface area contributed by atoms with Gasteiger partial charge in [-0.25, -0.2) is 17.5 Å². The fourth-order valence-corrected chi connectivity index (χ4v) is 2.60. The van der Waals surface area contributed by atoms with Gasteiger partial charge < -0.3 is 0 Å². The first-order chi connectivity index (χ1) is 9.94. The molecule has 0 fully saturated rings. The van der Waals surface area contributed by atoms with E-state index in [9.17, 15) is 12.8 Å². The molecule has 6 heteroatoms. The third-order valence-corrected chi connectivity index (χ3v) is 3.83. The van der Waals surface area contributed by atoms with Crippen molar-refractivity contribution in [3.63, 3.8) is 0 Å². The van der Waals surface area contributed by atoms with Gasteiger partial charge in [0.1, 0.15) is 5.82 Å². The van der Waals surface area contributed by atoms with Crippen LogP contribution in [0.2, 0.25) is 0 Å². The van der Waals surface area contributed by atoms with E-state index in [-0.39, 0.29) is 18.3 Å². The second kappa shape index (κ2) is 6.78. The number of sulfonamides is 1. The summed E-state index contributed by atoms with van der Waals surface area (Å²) in [6, 6.07) is 9.89. The van der Waals surface area contributed by atoms with Crippen LogP contribution in [0.5, 0.6) is 0 Å². The Morgan fingerprint density at radius 1 is 1.24 bits per heavy atom. The van der Waals surface area contributed by atoms with Crippen LogP contribution in [0.4, 0.5) is 4.39 Å². The fraction of sp³-hybridized carbons (Fsp3) is 0.267. The summed E-state index contributed by atoms with van der Waals surface area (Å²) >= 11 is 0. The van der Waals surface area contributed by atoms with Crippen LogP contribution >= 0.6 is 0 Å². The van der Waals surface area contributed by atoms with E-state index >= 15 is 0 Å². The molecular weight excluding hydrogens is 291 g/mol. The van der Waals surface area contributed by atoms with Crippen molar-refractivity contribution in [3.8, 4) is 0 Å². The molecule has 1 heterocycles. The molecule has 1 aromatic carbocycles. The standard InChI is InChI=1S/C15H17FN2O2S/c1-21(19,20)18-11-14(9-12-3-2-8-17-10-12)13-4-6-15(16)7-5-13/h2-8,10,14,18H,9,11H2,1H3. The van der Waals surface area contributed by atoms with Crippen LogP contribution < -0.4 is 4.72 Å². The number of halogens is 1. The molecule has 0 saturated carbocycles. The zero-order valence-electron chi connectivity index (χ0n) is 11.7. The van der Waals surface area contributed by atoms with Gasteiger partial charge in [-0.05, 0) is 35.7 Å². The van der Waals surface area contributed by atoms with Gasteiger partial charge in [0.2, 0.25) is 10.0 Å². The van der Waals surface area contributed by atoms with Crippen molar-refractivity contribution in [1.82, 2.24) is 9.71 Å². The van der Waals surface area contributed by atoms with Gasteiger partial charge in [0, 0.05) is 24.9 Å². The van der Waals surface area contributed by atoms with Crippen LogP contribution in [0.1, 0.15) is 17.0 Å². The number of nitrogens with zero attached hydrogens (tertiary/aromatic N) is 1. The van der Waals surface area contributed by atoms with Gasteiger partial charge in [0.15, 0.2) is 0 Å². The molecule has 112 valence electrons. The third-order valence-electron chi connectivity index (χ3n) is 3.14. The molecule has 0 saturated heterocycles. The minimum absolute atomic E-state index is 0.0791. The highest BCUT2D eigenvalue weighted by Gasteiger charge is 2.15. The van der Waals surface area contributed by atoms with Crippen molar-refractivity contribution >= 4 is 10.0 Å². The number of rotatable bonds is 6. The first-order valence-corrected chi connectivity index (χ1v) is 8.42. The van der Waals surface area contributed by atoms with E-state index in [1.807, 2.05) is 12.1 Å². The summed E-state index contributed by atoms with van der Waals surface area (Å²) in [5.41, 5.74) is 1.89. The van der Waals surface area contributed by atoms with E-state index in [0.717, 1.165) is 17.4 Å². The quantitative estimate of drug-likeness (QED) is 0.889. The Balaban J connectivity index is 2.19. The molecule has 4 nitrogen and oxygen atoms in total. The third kappa shape index (κ3) is 5.24. The molecule has 0 aliphatic rings. The lowest BCUT2D eigenvalue weighted by molar-refractivity contribution is 0.573. The second-order valence-corrected chi connectivity index (χ2v) is 6.77. The Kier molecular flexibility index (Phi) is 5.03. The van der Waals surface area contributed by atoms with E-state index in [4.69, 9.17) is 0 Å². The van der Waals surface area contributed by atoms with E-state index in [1.54, 1.807) is 24.5 Å². The first-order valence-electron chi connectivity index (χ1n) is 6.53. The smallest absolute Gasteiger partial charge is 0.208 e. The van der Waals surface area contributed by atoms with Crippen molar-refractivity contribution in [1.29, 1.82) is 0 Å².